The quantitative estimate of drug-likeness (QED) is 0.737. The highest BCUT2D eigenvalue weighted by Gasteiger charge is 2.33. The van der Waals surface area contributed by atoms with E-state index in [1.807, 2.05) is 12.2 Å². The van der Waals surface area contributed by atoms with Gasteiger partial charge in [0, 0.05) is 6.54 Å². The number of hydrogen-bond acceptors (Lipinski definition) is 2. The lowest BCUT2D eigenvalue weighted by Crippen LogP contribution is -2.40. The molecule has 0 saturated heterocycles. The molecule has 2 N–H and O–H groups in total. The smallest absolute Gasteiger partial charge is 0.307 e. The summed E-state index contributed by atoms with van der Waals surface area (Å²) < 4.78 is 0. The molecule has 1 rings (SSSR count). The lowest BCUT2D eigenvalue weighted by Gasteiger charge is -2.25. The van der Waals surface area contributed by atoms with E-state index in [9.17, 15) is 9.59 Å². The maximum Gasteiger partial charge on any atom is 0.307 e. The van der Waals surface area contributed by atoms with Crippen LogP contribution < -0.4 is 5.32 Å². The molecule has 0 heterocycles. The normalized spacial score (nSPS) is 24.9. The Hall–Kier alpha value is -1.32. The van der Waals surface area contributed by atoms with Gasteiger partial charge in [-0.25, -0.2) is 0 Å². The lowest BCUT2D eigenvalue weighted by molar-refractivity contribution is -0.147. The van der Waals surface area contributed by atoms with Crippen molar-refractivity contribution in [2.45, 2.75) is 33.6 Å². The van der Waals surface area contributed by atoms with E-state index < -0.39 is 17.8 Å². The predicted molar refractivity (Wildman–Crippen MR) is 70.0 cm³/mol. The summed E-state index contributed by atoms with van der Waals surface area (Å²) in [7, 11) is 0. The summed E-state index contributed by atoms with van der Waals surface area (Å²) in [6, 6.07) is 0. The van der Waals surface area contributed by atoms with Crippen LogP contribution in [0.3, 0.4) is 0 Å². The zero-order valence-electron chi connectivity index (χ0n) is 11.3. The first-order valence-corrected chi connectivity index (χ1v) is 6.59. The van der Waals surface area contributed by atoms with Gasteiger partial charge in [0.05, 0.1) is 11.8 Å². The van der Waals surface area contributed by atoms with Gasteiger partial charge in [0.1, 0.15) is 0 Å². The second kappa shape index (κ2) is 6.57. The molecular weight excluding hydrogens is 230 g/mol. The number of carbonyl (C=O) groups excluding carboxylic acids is 1. The second-order valence-corrected chi connectivity index (χ2v) is 5.46. The van der Waals surface area contributed by atoms with Gasteiger partial charge in [-0.15, -0.1) is 0 Å². The van der Waals surface area contributed by atoms with Crippen molar-refractivity contribution in [1.29, 1.82) is 0 Å². The van der Waals surface area contributed by atoms with Crippen molar-refractivity contribution in [3.8, 4) is 0 Å². The largest absolute Gasteiger partial charge is 0.481 e. The van der Waals surface area contributed by atoms with Crippen molar-refractivity contribution in [2.75, 3.05) is 6.54 Å². The average molecular weight is 253 g/mol. The second-order valence-electron chi connectivity index (χ2n) is 5.46. The lowest BCUT2D eigenvalue weighted by atomic mass is 9.82. The Morgan fingerprint density at radius 2 is 1.78 bits per heavy atom. The summed E-state index contributed by atoms with van der Waals surface area (Å²) in [4.78, 5) is 23.1. The van der Waals surface area contributed by atoms with E-state index in [-0.39, 0.29) is 5.91 Å². The first-order valence-electron chi connectivity index (χ1n) is 6.59. The van der Waals surface area contributed by atoms with Crippen LogP contribution in [0.15, 0.2) is 12.2 Å². The SMILES string of the molecule is CC(C)C(C)CNC(=O)[C@@H]1CC=CC[C@@H]1C(=O)O. The minimum absolute atomic E-state index is 0.126. The minimum Gasteiger partial charge on any atom is -0.481 e. The number of rotatable bonds is 5. The fourth-order valence-electron chi connectivity index (χ4n) is 2.01. The summed E-state index contributed by atoms with van der Waals surface area (Å²) >= 11 is 0. The summed E-state index contributed by atoms with van der Waals surface area (Å²) in [5.41, 5.74) is 0. The molecule has 0 saturated carbocycles. The van der Waals surface area contributed by atoms with Crippen LogP contribution in [0, 0.1) is 23.7 Å². The van der Waals surface area contributed by atoms with Gasteiger partial charge >= 0.3 is 5.97 Å². The molecule has 0 bridgehead atoms. The van der Waals surface area contributed by atoms with Gasteiger partial charge in [0.25, 0.3) is 0 Å². The highest BCUT2D eigenvalue weighted by molar-refractivity contribution is 5.85. The molecule has 0 aromatic carbocycles. The maximum atomic E-state index is 12.0. The summed E-state index contributed by atoms with van der Waals surface area (Å²) in [5, 5.41) is 12.0. The molecule has 0 aliphatic heterocycles. The number of carboxylic acids is 1. The van der Waals surface area contributed by atoms with E-state index in [2.05, 4.69) is 26.1 Å². The fraction of sp³-hybridized carbons (Fsp3) is 0.714. The molecule has 18 heavy (non-hydrogen) atoms. The maximum absolute atomic E-state index is 12.0. The fourth-order valence-corrected chi connectivity index (χ4v) is 2.01. The summed E-state index contributed by atoms with van der Waals surface area (Å²) in [5.74, 6) is -1.10. The van der Waals surface area contributed by atoms with Crippen molar-refractivity contribution in [3.63, 3.8) is 0 Å². The zero-order valence-corrected chi connectivity index (χ0v) is 11.3. The third kappa shape index (κ3) is 3.86. The first-order chi connectivity index (χ1) is 8.43. The van der Waals surface area contributed by atoms with Crippen LogP contribution in [0.4, 0.5) is 0 Å². The van der Waals surface area contributed by atoms with Crippen molar-refractivity contribution in [3.05, 3.63) is 12.2 Å². The van der Waals surface area contributed by atoms with Crippen molar-refractivity contribution >= 4 is 11.9 Å². The van der Waals surface area contributed by atoms with Gasteiger partial charge in [-0.2, -0.15) is 0 Å². The van der Waals surface area contributed by atoms with Gasteiger partial charge in [0.15, 0.2) is 0 Å². The minimum atomic E-state index is -0.878. The van der Waals surface area contributed by atoms with Crippen molar-refractivity contribution < 1.29 is 14.7 Å². The van der Waals surface area contributed by atoms with Crippen LogP contribution in [0.25, 0.3) is 0 Å². The van der Waals surface area contributed by atoms with Crippen LogP contribution in [0.2, 0.25) is 0 Å². The molecule has 4 heteroatoms. The highest BCUT2D eigenvalue weighted by Crippen LogP contribution is 2.26. The van der Waals surface area contributed by atoms with Crippen LogP contribution in [0.5, 0.6) is 0 Å². The Balaban J connectivity index is 2.54. The molecule has 1 amide bonds. The van der Waals surface area contributed by atoms with Crippen LogP contribution in [-0.2, 0) is 9.59 Å². The van der Waals surface area contributed by atoms with Gasteiger partial charge in [-0.1, -0.05) is 32.9 Å². The number of hydrogen-bond donors (Lipinski definition) is 2. The Kier molecular flexibility index (Phi) is 5.38. The highest BCUT2D eigenvalue weighted by atomic mass is 16.4. The average Bonchev–Trinajstić information content (AvgIpc) is 2.35. The number of amides is 1. The summed E-state index contributed by atoms with van der Waals surface area (Å²) in [6.45, 7) is 6.92. The molecule has 0 spiro atoms. The molecule has 4 nitrogen and oxygen atoms in total. The Morgan fingerprint density at radius 1 is 1.22 bits per heavy atom. The van der Waals surface area contributed by atoms with Crippen LogP contribution in [0.1, 0.15) is 33.6 Å². The Bertz CT molecular complexity index is 336. The zero-order chi connectivity index (χ0) is 13.7. The Morgan fingerprint density at radius 3 is 2.28 bits per heavy atom. The van der Waals surface area contributed by atoms with Gasteiger partial charge in [-0.3, -0.25) is 9.59 Å². The van der Waals surface area contributed by atoms with Gasteiger partial charge in [0.2, 0.25) is 5.91 Å². The van der Waals surface area contributed by atoms with Crippen molar-refractivity contribution in [1.82, 2.24) is 5.32 Å². The van der Waals surface area contributed by atoms with Crippen LogP contribution >= 0.6 is 0 Å². The number of carboxylic acid groups (broad SMARTS) is 1. The van der Waals surface area contributed by atoms with E-state index in [0.717, 1.165) is 0 Å². The van der Waals surface area contributed by atoms with Gasteiger partial charge in [-0.05, 0) is 24.7 Å². The van der Waals surface area contributed by atoms with E-state index >= 15 is 0 Å². The molecule has 0 aromatic heterocycles. The molecule has 0 aromatic rings. The predicted octanol–water partition coefficient (Wildman–Crippen LogP) is 2.06. The third-order valence-electron chi connectivity index (χ3n) is 3.82. The molecule has 0 fully saturated rings. The van der Waals surface area contributed by atoms with E-state index in [0.29, 0.717) is 31.2 Å². The molecular formula is C14H23NO3. The topological polar surface area (TPSA) is 66.4 Å². The molecule has 1 unspecified atom stereocenters. The molecule has 3 atom stereocenters. The molecule has 0 radical (unpaired) electrons. The van der Waals surface area contributed by atoms with Crippen LogP contribution in [-0.4, -0.2) is 23.5 Å². The monoisotopic (exact) mass is 253 g/mol. The van der Waals surface area contributed by atoms with E-state index in [1.54, 1.807) is 0 Å². The van der Waals surface area contributed by atoms with E-state index in [1.165, 1.54) is 0 Å². The van der Waals surface area contributed by atoms with Gasteiger partial charge < -0.3 is 10.4 Å². The number of carbonyl (C=O) groups is 2. The molecule has 1 aliphatic carbocycles. The standard InChI is InChI=1S/C14H23NO3/c1-9(2)10(3)8-15-13(16)11-6-4-5-7-12(11)14(17)18/h4-5,9-12H,6-8H2,1-3H3,(H,15,16)(H,17,18)/t10?,11-,12+/m1/s1. The number of aliphatic carboxylic acids is 1. The van der Waals surface area contributed by atoms with Crippen molar-refractivity contribution in [2.24, 2.45) is 23.7 Å². The number of allylic oxidation sites excluding steroid dienone is 2. The van der Waals surface area contributed by atoms with E-state index in [4.69, 9.17) is 5.11 Å². The molecule has 102 valence electrons. The molecule has 1 aliphatic rings. The third-order valence-corrected chi connectivity index (χ3v) is 3.82. The first kappa shape index (κ1) is 14.7. The Labute approximate surface area is 108 Å². The summed E-state index contributed by atoms with van der Waals surface area (Å²) in [6.07, 6.45) is 4.72. The number of nitrogens with one attached hydrogen (secondary N) is 1.